The second kappa shape index (κ2) is 8.34. The summed E-state index contributed by atoms with van der Waals surface area (Å²) < 4.78 is 23.6. The Balaban J connectivity index is 1.77. The van der Waals surface area contributed by atoms with Crippen LogP contribution in [0, 0.1) is 6.92 Å². The fraction of sp³-hybridized carbons (Fsp3) is 0.333. The first-order valence-corrected chi connectivity index (χ1v) is 10.1. The Morgan fingerprint density at radius 2 is 1.55 bits per heavy atom. The molecule has 7 nitrogen and oxygen atoms in total. The average Bonchev–Trinajstić information content (AvgIpc) is 3.14. The van der Waals surface area contributed by atoms with Crippen molar-refractivity contribution in [2.75, 3.05) is 28.4 Å². The third kappa shape index (κ3) is 3.60. The average molecular weight is 422 g/mol. The smallest absolute Gasteiger partial charge is 0.203 e. The van der Waals surface area contributed by atoms with E-state index in [1.165, 1.54) is 0 Å². The van der Waals surface area contributed by atoms with E-state index in [4.69, 9.17) is 18.9 Å². The molecule has 0 N–H and O–H groups in total. The molecule has 0 spiro atoms. The van der Waals surface area contributed by atoms with Crippen LogP contribution in [0.4, 0.5) is 0 Å². The second-order valence-electron chi connectivity index (χ2n) is 7.50. The Morgan fingerprint density at radius 3 is 2.10 bits per heavy atom. The summed E-state index contributed by atoms with van der Waals surface area (Å²) >= 11 is 0. The van der Waals surface area contributed by atoms with Gasteiger partial charge in [0.25, 0.3) is 0 Å². The van der Waals surface area contributed by atoms with E-state index in [-0.39, 0.29) is 11.7 Å². The Morgan fingerprint density at radius 1 is 0.903 bits per heavy atom. The minimum absolute atomic E-state index is 0.0261. The molecule has 1 heterocycles. The molecule has 0 saturated carbocycles. The predicted molar refractivity (Wildman–Crippen MR) is 116 cm³/mol. The Bertz CT molecular complexity index is 1090. The van der Waals surface area contributed by atoms with Crippen LogP contribution in [0.15, 0.2) is 36.4 Å². The number of methoxy groups -OCH3 is 4. The summed E-state index contributed by atoms with van der Waals surface area (Å²) in [7, 11) is 6.39. The van der Waals surface area contributed by atoms with Gasteiger partial charge in [-0.2, -0.15) is 5.10 Å². The Kier molecular flexibility index (Phi) is 5.59. The standard InChI is InChI=1S/C24H26N2O5/c1-14-23-19(26(25-14)17-6-8-18(28-2)9-7-17)10-15(11-20(23)27)16-12-21(29-3)24(31-5)22(13-16)30-4/h6-9,12-13,15H,10-11H2,1-5H3/t15-/m1/s1. The van der Waals surface area contributed by atoms with E-state index in [1.54, 1.807) is 28.4 Å². The zero-order valence-corrected chi connectivity index (χ0v) is 18.4. The van der Waals surface area contributed by atoms with Crippen LogP contribution in [0.3, 0.4) is 0 Å². The van der Waals surface area contributed by atoms with E-state index in [2.05, 4.69) is 5.10 Å². The molecule has 1 aliphatic rings. The summed E-state index contributed by atoms with van der Waals surface area (Å²) in [5, 5.41) is 4.68. The van der Waals surface area contributed by atoms with Crippen LogP contribution in [0.5, 0.6) is 23.0 Å². The summed E-state index contributed by atoms with van der Waals surface area (Å²) in [6.45, 7) is 1.89. The van der Waals surface area contributed by atoms with E-state index in [1.807, 2.05) is 48.0 Å². The molecule has 0 radical (unpaired) electrons. The lowest BCUT2D eigenvalue weighted by atomic mass is 9.81. The Hall–Kier alpha value is -3.48. The number of ketones is 1. The lowest BCUT2D eigenvalue weighted by Crippen LogP contribution is -2.20. The molecule has 0 bridgehead atoms. The lowest BCUT2D eigenvalue weighted by Gasteiger charge is -2.24. The van der Waals surface area contributed by atoms with E-state index in [0.29, 0.717) is 30.1 Å². The molecule has 0 aliphatic heterocycles. The third-order valence-electron chi connectivity index (χ3n) is 5.78. The van der Waals surface area contributed by atoms with Crippen molar-refractivity contribution in [3.05, 3.63) is 58.9 Å². The molecule has 0 amide bonds. The van der Waals surface area contributed by atoms with Crippen LogP contribution in [0.25, 0.3) is 5.69 Å². The second-order valence-corrected chi connectivity index (χ2v) is 7.50. The number of Topliss-reactive ketones (excluding diaryl/α,β-unsaturated/α-hetero) is 1. The van der Waals surface area contributed by atoms with Crippen LogP contribution in [-0.4, -0.2) is 44.0 Å². The maximum absolute atomic E-state index is 13.1. The molecule has 1 aromatic heterocycles. The zero-order chi connectivity index (χ0) is 22.1. The number of carbonyl (C=O) groups is 1. The monoisotopic (exact) mass is 422 g/mol. The molecule has 0 unspecified atom stereocenters. The van der Waals surface area contributed by atoms with Gasteiger partial charge >= 0.3 is 0 Å². The molecule has 162 valence electrons. The van der Waals surface area contributed by atoms with Gasteiger partial charge in [0.2, 0.25) is 5.75 Å². The number of benzene rings is 2. The summed E-state index contributed by atoms with van der Waals surface area (Å²) in [6.07, 6.45) is 1.08. The van der Waals surface area contributed by atoms with Crippen molar-refractivity contribution >= 4 is 5.78 Å². The van der Waals surface area contributed by atoms with Crippen molar-refractivity contribution in [3.8, 4) is 28.7 Å². The number of fused-ring (bicyclic) bond motifs is 1. The number of aryl methyl sites for hydroxylation is 1. The Labute approximate surface area is 181 Å². The van der Waals surface area contributed by atoms with Gasteiger partial charge in [-0.25, -0.2) is 4.68 Å². The van der Waals surface area contributed by atoms with Crippen LogP contribution in [0.2, 0.25) is 0 Å². The van der Waals surface area contributed by atoms with E-state index < -0.39 is 0 Å². The van der Waals surface area contributed by atoms with Crippen molar-refractivity contribution in [2.24, 2.45) is 0 Å². The van der Waals surface area contributed by atoms with Gasteiger partial charge in [0.15, 0.2) is 17.3 Å². The number of hydrogen-bond donors (Lipinski definition) is 0. The van der Waals surface area contributed by atoms with Crippen molar-refractivity contribution < 1.29 is 23.7 Å². The quantitative estimate of drug-likeness (QED) is 0.595. The number of hydrogen-bond acceptors (Lipinski definition) is 6. The molecule has 1 atom stereocenters. The fourth-order valence-electron chi connectivity index (χ4n) is 4.27. The highest BCUT2D eigenvalue weighted by molar-refractivity contribution is 6.00. The third-order valence-corrected chi connectivity index (χ3v) is 5.78. The molecule has 2 aromatic carbocycles. The highest BCUT2D eigenvalue weighted by Crippen LogP contribution is 2.43. The first-order chi connectivity index (χ1) is 15.0. The van der Waals surface area contributed by atoms with Crippen molar-refractivity contribution in [1.29, 1.82) is 0 Å². The minimum Gasteiger partial charge on any atom is -0.497 e. The summed E-state index contributed by atoms with van der Waals surface area (Å²) in [4.78, 5) is 13.1. The van der Waals surface area contributed by atoms with Crippen LogP contribution < -0.4 is 18.9 Å². The van der Waals surface area contributed by atoms with Gasteiger partial charge in [-0.1, -0.05) is 0 Å². The zero-order valence-electron chi connectivity index (χ0n) is 18.4. The minimum atomic E-state index is -0.0261. The number of aromatic nitrogens is 2. The molecule has 0 saturated heterocycles. The lowest BCUT2D eigenvalue weighted by molar-refractivity contribution is 0.0963. The molecule has 4 rings (SSSR count). The van der Waals surface area contributed by atoms with Crippen molar-refractivity contribution in [2.45, 2.75) is 25.7 Å². The maximum Gasteiger partial charge on any atom is 0.203 e. The van der Waals surface area contributed by atoms with E-state index in [0.717, 1.165) is 34.0 Å². The summed E-state index contributed by atoms with van der Waals surface area (Å²) in [5.41, 5.74) is 4.24. The van der Waals surface area contributed by atoms with Gasteiger partial charge < -0.3 is 18.9 Å². The number of nitrogens with zero attached hydrogens (tertiary/aromatic N) is 2. The molecular formula is C24H26N2O5. The van der Waals surface area contributed by atoms with Gasteiger partial charge in [0.1, 0.15) is 5.75 Å². The molecule has 7 heteroatoms. The van der Waals surface area contributed by atoms with Crippen molar-refractivity contribution in [3.63, 3.8) is 0 Å². The van der Waals surface area contributed by atoms with E-state index >= 15 is 0 Å². The van der Waals surface area contributed by atoms with Gasteiger partial charge in [-0.3, -0.25) is 4.79 Å². The SMILES string of the molecule is COc1ccc(-n2nc(C)c3c2C[C@@H](c2cc(OC)c(OC)c(OC)c2)CC3=O)cc1. The fourth-order valence-corrected chi connectivity index (χ4v) is 4.27. The molecular weight excluding hydrogens is 396 g/mol. The maximum atomic E-state index is 13.1. The van der Waals surface area contributed by atoms with Gasteiger partial charge in [-0.15, -0.1) is 0 Å². The van der Waals surface area contributed by atoms with Crippen LogP contribution in [0.1, 0.15) is 39.6 Å². The van der Waals surface area contributed by atoms with Crippen LogP contribution in [-0.2, 0) is 6.42 Å². The largest absolute Gasteiger partial charge is 0.497 e. The summed E-state index contributed by atoms with van der Waals surface area (Å²) in [5.74, 6) is 2.53. The topological polar surface area (TPSA) is 71.8 Å². The molecule has 3 aromatic rings. The summed E-state index contributed by atoms with van der Waals surface area (Å²) in [6, 6.07) is 11.5. The number of ether oxygens (including phenoxy) is 4. The molecule has 1 aliphatic carbocycles. The van der Waals surface area contributed by atoms with Gasteiger partial charge in [0.05, 0.1) is 51.1 Å². The highest BCUT2D eigenvalue weighted by atomic mass is 16.5. The predicted octanol–water partition coefficient (Wildman–Crippen LogP) is 4.13. The van der Waals surface area contributed by atoms with Crippen LogP contribution >= 0.6 is 0 Å². The first-order valence-electron chi connectivity index (χ1n) is 10.1. The molecule has 0 fully saturated rings. The van der Waals surface area contributed by atoms with Gasteiger partial charge in [-0.05, 0) is 61.2 Å². The first kappa shape index (κ1) is 20.8. The molecule has 31 heavy (non-hydrogen) atoms. The normalized spacial score (nSPS) is 15.4. The van der Waals surface area contributed by atoms with Gasteiger partial charge in [0, 0.05) is 6.42 Å². The van der Waals surface area contributed by atoms with E-state index in [9.17, 15) is 4.79 Å². The number of carbonyl (C=O) groups excluding carboxylic acids is 1. The highest BCUT2D eigenvalue weighted by Gasteiger charge is 2.33. The van der Waals surface area contributed by atoms with Crippen molar-refractivity contribution in [1.82, 2.24) is 9.78 Å². The number of rotatable bonds is 6.